The topological polar surface area (TPSA) is 50.8 Å². The average Bonchev–Trinajstić information content (AvgIpc) is 3.36. The van der Waals surface area contributed by atoms with Crippen LogP contribution in [0.1, 0.15) is 43.7 Å². The molecule has 1 aromatic carbocycles. The Morgan fingerprint density at radius 3 is 2.48 bits per heavy atom. The van der Waals surface area contributed by atoms with Gasteiger partial charge in [-0.15, -0.1) is 11.8 Å². The van der Waals surface area contributed by atoms with Crippen LogP contribution in [0, 0.1) is 5.82 Å². The van der Waals surface area contributed by atoms with Gasteiger partial charge < -0.3 is 19.7 Å². The van der Waals surface area contributed by atoms with Crippen LogP contribution in [0.25, 0.3) is 0 Å². The molecule has 3 atom stereocenters. The fourth-order valence-corrected chi connectivity index (χ4v) is 5.23. The van der Waals surface area contributed by atoms with E-state index in [1.54, 1.807) is 6.07 Å². The van der Waals surface area contributed by atoms with E-state index in [0.29, 0.717) is 18.0 Å². The lowest BCUT2D eigenvalue weighted by molar-refractivity contribution is 0.0492. The lowest BCUT2D eigenvalue weighted by atomic mass is 10.0. The van der Waals surface area contributed by atoms with Gasteiger partial charge in [-0.05, 0) is 43.7 Å². The van der Waals surface area contributed by atoms with Crippen LogP contribution >= 0.6 is 11.8 Å². The molecule has 3 aliphatic heterocycles. The van der Waals surface area contributed by atoms with Gasteiger partial charge in [0.25, 0.3) is 0 Å². The van der Waals surface area contributed by atoms with Gasteiger partial charge in [-0.2, -0.15) is 0 Å². The van der Waals surface area contributed by atoms with E-state index in [4.69, 9.17) is 9.47 Å². The number of ether oxygens (including phenoxy) is 2. The quantitative estimate of drug-likeness (QED) is 0.827. The molecule has 4 rings (SSSR count). The van der Waals surface area contributed by atoms with E-state index in [-0.39, 0.29) is 30.1 Å². The van der Waals surface area contributed by atoms with Crippen molar-refractivity contribution >= 4 is 17.8 Å². The molecule has 7 heteroatoms. The molecule has 27 heavy (non-hydrogen) atoms. The van der Waals surface area contributed by atoms with Gasteiger partial charge in [0.1, 0.15) is 5.82 Å². The van der Waals surface area contributed by atoms with Crippen molar-refractivity contribution in [3.63, 3.8) is 0 Å². The first-order valence-corrected chi connectivity index (χ1v) is 10.9. The number of hydrogen-bond acceptors (Lipinski definition) is 4. The Hall–Kier alpha value is -1.31. The molecule has 0 bridgehead atoms. The molecule has 0 radical (unpaired) electrons. The van der Waals surface area contributed by atoms with Crippen LogP contribution in [0.15, 0.2) is 23.1 Å². The Morgan fingerprint density at radius 2 is 1.85 bits per heavy atom. The first-order chi connectivity index (χ1) is 13.2. The molecule has 148 valence electrons. The smallest absolute Gasteiger partial charge is 0.318 e. The Morgan fingerprint density at radius 1 is 1.15 bits per heavy atom. The summed E-state index contributed by atoms with van der Waals surface area (Å²) in [5.74, 6) is 0.600. The molecule has 1 aromatic rings. The maximum absolute atomic E-state index is 14.1. The Labute approximate surface area is 164 Å². The van der Waals surface area contributed by atoms with Crippen LogP contribution in [0.5, 0.6) is 0 Å². The Bertz CT molecular complexity index is 645. The van der Waals surface area contributed by atoms with E-state index in [1.165, 1.54) is 17.8 Å². The zero-order valence-corrected chi connectivity index (χ0v) is 16.3. The number of benzene rings is 1. The third-order valence-corrected chi connectivity index (χ3v) is 6.67. The second kappa shape index (κ2) is 8.80. The minimum absolute atomic E-state index is 0.101. The first-order valence-electron chi connectivity index (χ1n) is 9.90. The molecule has 0 aliphatic carbocycles. The molecule has 3 aliphatic rings. The highest BCUT2D eigenvalue weighted by molar-refractivity contribution is 7.99. The summed E-state index contributed by atoms with van der Waals surface area (Å²) in [6, 6.07) is 4.86. The number of rotatable bonds is 5. The Kier molecular flexibility index (Phi) is 6.20. The molecule has 2 fully saturated rings. The van der Waals surface area contributed by atoms with Gasteiger partial charge >= 0.3 is 6.03 Å². The molecule has 2 amide bonds. The summed E-state index contributed by atoms with van der Waals surface area (Å²) < 4.78 is 25.6. The van der Waals surface area contributed by atoms with Crippen molar-refractivity contribution in [2.45, 2.75) is 55.2 Å². The number of urea groups is 1. The molecule has 2 saturated heterocycles. The summed E-state index contributed by atoms with van der Waals surface area (Å²) in [5, 5.41) is 3.15. The Balaban J connectivity index is 1.45. The number of fused-ring (bicyclic) bond motifs is 1. The van der Waals surface area contributed by atoms with Crippen LogP contribution in [0.3, 0.4) is 0 Å². The van der Waals surface area contributed by atoms with Crippen LogP contribution < -0.4 is 5.32 Å². The minimum atomic E-state index is -0.202. The molecule has 5 nitrogen and oxygen atoms in total. The zero-order valence-electron chi connectivity index (χ0n) is 15.5. The molecule has 0 aromatic heterocycles. The molecular weight excluding hydrogens is 367 g/mol. The number of amides is 2. The third-order valence-electron chi connectivity index (χ3n) is 5.51. The second-order valence-electron chi connectivity index (χ2n) is 7.47. The van der Waals surface area contributed by atoms with Gasteiger partial charge in [-0.25, -0.2) is 9.18 Å². The highest BCUT2D eigenvalue weighted by atomic mass is 32.2. The van der Waals surface area contributed by atoms with Crippen molar-refractivity contribution in [1.29, 1.82) is 0 Å². The predicted molar refractivity (Wildman–Crippen MR) is 103 cm³/mol. The van der Waals surface area contributed by atoms with Crippen LogP contribution in [-0.2, 0) is 9.47 Å². The van der Waals surface area contributed by atoms with E-state index in [1.807, 2.05) is 11.0 Å². The summed E-state index contributed by atoms with van der Waals surface area (Å²) in [4.78, 5) is 15.6. The highest BCUT2D eigenvalue weighted by Gasteiger charge is 2.30. The SMILES string of the molecule is O=C(N[C@@H]1CCSc2c(F)cccc21)N(C[C@H]1CCCO1)C[C@H]1CCCO1. The molecule has 0 unspecified atom stereocenters. The summed E-state index contributed by atoms with van der Waals surface area (Å²) >= 11 is 1.53. The number of nitrogens with one attached hydrogen (secondary N) is 1. The van der Waals surface area contributed by atoms with Crippen molar-refractivity contribution in [3.8, 4) is 0 Å². The number of hydrogen-bond donors (Lipinski definition) is 1. The van der Waals surface area contributed by atoms with Crippen LogP contribution in [0.4, 0.5) is 9.18 Å². The zero-order chi connectivity index (χ0) is 18.6. The van der Waals surface area contributed by atoms with Gasteiger partial charge in [0, 0.05) is 37.0 Å². The van der Waals surface area contributed by atoms with E-state index in [2.05, 4.69) is 5.32 Å². The van der Waals surface area contributed by atoms with Gasteiger partial charge in [0.2, 0.25) is 0 Å². The lowest BCUT2D eigenvalue weighted by Crippen LogP contribution is -2.48. The van der Waals surface area contributed by atoms with Gasteiger partial charge in [-0.3, -0.25) is 0 Å². The predicted octanol–water partition coefficient (Wildman–Crippen LogP) is 3.73. The number of halogens is 1. The summed E-state index contributed by atoms with van der Waals surface area (Å²) in [7, 11) is 0. The maximum Gasteiger partial charge on any atom is 0.318 e. The standard InChI is InChI=1S/C20H27FN2O3S/c21-17-7-1-6-16-18(8-11-27-19(16)17)22-20(24)23(12-14-4-2-9-25-14)13-15-5-3-10-26-15/h1,6-7,14-15,18H,2-5,8-13H2,(H,22,24)/t14-,15-,18-/m1/s1. The monoisotopic (exact) mass is 394 g/mol. The number of carbonyl (C=O) groups excluding carboxylic acids is 1. The van der Waals surface area contributed by atoms with Crippen LogP contribution in [0.2, 0.25) is 0 Å². The largest absolute Gasteiger partial charge is 0.376 e. The average molecular weight is 395 g/mol. The van der Waals surface area contributed by atoms with Gasteiger partial charge in [0.05, 0.1) is 18.2 Å². The van der Waals surface area contributed by atoms with E-state index in [0.717, 1.165) is 56.6 Å². The van der Waals surface area contributed by atoms with Crippen molar-refractivity contribution < 1.29 is 18.7 Å². The van der Waals surface area contributed by atoms with E-state index in [9.17, 15) is 9.18 Å². The molecule has 0 saturated carbocycles. The fraction of sp³-hybridized carbons (Fsp3) is 0.650. The number of thioether (sulfide) groups is 1. The fourth-order valence-electron chi connectivity index (χ4n) is 4.09. The summed E-state index contributed by atoms with van der Waals surface area (Å²) in [5.41, 5.74) is 0.883. The van der Waals surface area contributed by atoms with Gasteiger partial charge in [0.15, 0.2) is 0 Å². The second-order valence-corrected chi connectivity index (χ2v) is 8.58. The van der Waals surface area contributed by atoms with E-state index < -0.39 is 0 Å². The maximum atomic E-state index is 14.1. The lowest BCUT2D eigenvalue weighted by Gasteiger charge is -2.32. The molecule has 1 N–H and O–H groups in total. The normalized spacial score (nSPS) is 27.4. The van der Waals surface area contributed by atoms with Crippen molar-refractivity contribution in [1.82, 2.24) is 10.2 Å². The summed E-state index contributed by atoms with van der Waals surface area (Å²) in [6.45, 7) is 2.71. The number of nitrogens with zero attached hydrogens (tertiary/aromatic N) is 1. The first kappa shape index (κ1) is 19.0. The van der Waals surface area contributed by atoms with E-state index >= 15 is 0 Å². The minimum Gasteiger partial charge on any atom is -0.376 e. The summed E-state index contributed by atoms with van der Waals surface area (Å²) in [6.07, 6.45) is 5.08. The van der Waals surface area contributed by atoms with Crippen molar-refractivity contribution in [3.05, 3.63) is 29.6 Å². The molecule has 0 spiro atoms. The molecular formula is C20H27FN2O3S. The third kappa shape index (κ3) is 4.58. The molecule has 3 heterocycles. The van der Waals surface area contributed by atoms with Crippen molar-refractivity contribution in [2.24, 2.45) is 0 Å². The highest BCUT2D eigenvalue weighted by Crippen LogP contribution is 2.37. The van der Waals surface area contributed by atoms with Gasteiger partial charge in [-0.1, -0.05) is 12.1 Å². The number of carbonyl (C=O) groups is 1. The van der Waals surface area contributed by atoms with Crippen molar-refractivity contribution in [2.75, 3.05) is 32.1 Å². The van der Waals surface area contributed by atoms with Crippen LogP contribution in [-0.4, -0.2) is 55.2 Å².